The van der Waals surface area contributed by atoms with E-state index in [1.54, 1.807) is 0 Å². The van der Waals surface area contributed by atoms with Crippen molar-refractivity contribution in [2.45, 2.75) is 19.3 Å². The molecule has 12 aromatic carbocycles. The molecule has 0 aromatic heterocycles. The van der Waals surface area contributed by atoms with E-state index in [1.807, 2.05) is 0 Å². The van der Waals surface area contributed by atoms with E-state index in [-0.39, 0.29) is 5.41 Å². The van der Waals surface area contributed by atoms with Crippen molar-refractivity contribution in [2.75, 3.05) is 4.90 Å². The Hall–Kier alpha value is -9.04. The lowest BCUT2D eigenvalue weighted by Crippen LogP contribution is -2.17. The summed E-state index contributed by atoms with van der Waals surface area (Å²) in [6.07, 6.45) is 0. The van der Waals surface area contributed by atoms with Crippen LogP contribution in [0.2, 0.25) is 0 Å². The minimum absolute atomic E-state index is 0.228. The first-order valence-electron chi connectivity index (χ1n) is 25.1. The third-order valence-electron chi connectivity index (χ3n) is 15.1. The SMILES string of the molecule is CC1(C)c2ccccc2-c2cccc(-c3cccc(N(c4ccc(-c5ccccc5)c(-c5ccccc5)c4)c4ccccc4-c4cc5ccccc5c5ccccc45)c3-c3ccc(-c4ccccc4)cc3)c21. The lowest BCUT2D eigenvalue weighted by molar-refractivity contribution is 0.662. The Balaban J connectivity index is 1.13. The van der Waals surface area contributed by atoms with Crippen LogP contribution in [0.4, 0.5) is 17.1 Å². The van der Waals surface area contributed by atoms with Gasteiger partial charge in [-0.2, -0.15) is 0 Å². The number of fused-ring (bicyclic) bond motifs is 6. The van der Waals surface area contributed by atoms with Gasteiger partial charge in [0.05, 0.1) is 11.4 Å². The third-order valence-corrected chi connectivity index (χ3v) is 15.1. The molecule has 0 aliphatic heterocycles. The zero-order valence-corrected chi connectivity index (χ0v) is 40.4. The van der Waals surface area contributed by atoms with E-state index in [4.69, 9.17) is 0 Å². The molecule has 0 amide bonds. The number of anilines is 3. The highest BCUT2D eigenvalue weighted by atomic mass is 15.1. The molecule has 0 atom stereocenters. The number of hydrogen-bond donors (Lipinski definition) is 0. The maximum absolute atomic E-state index is 2.55. The summed E-state index contributed by atoms with van der Waals surface area (Å²) in [5, 5.41) is 4.94. The van der Waals surface area contributed by atoms with E-state index in [0.29, 0.717) is 0 Å². The highest BCUT2D eigenvalue weighted by molar-refractivity contribution is 6.15. The quantitative estimate of drug-likeness (QED) is 0.130. The summed E-state index contributed by atoms with van der Waals surface area (Å²) in [6, 6.07) is 101. The van der Waals surface area contributed by atoms with Crippen LogP contribution in [-0.2, 0) is 5.41 Å². The van der Waals surface area contributed by atoms with Gasteiger partial charge in [0.25, 0.3) is 0 Å². The molecule has 340 valence electrons. The first-order valence-corrected chi connectivity index (χ1v) is 25.1. The van der Waals surface area contributed by atoms with Gasteiger partial charge in [-0.3, -0.25) is 0 Å². The van der Waals surface area contributed by atoms with E-state index in [1.165, 1.54) is 99.4 Å². The smallest absolute Gasteiger partial charge is 0.0546 e. The number of benzene rings is 12. The van der Waals surface area contributed by atoms with Crippen molar-refractivity contribution < 1.29 is 0 Å². The molecule has 12 aromatic rings. The fourth-order valence-corrected chi connectivity index (χ4v) is 11.8. The second-order valence-corrected chi connectivity index (χ2v) is 19.5. The number of rotatable bonds is 9. The van der Waals surface area contributed by atoms with Crippen LogP contribution in [-0.4, -0.2) is 0 Å². The molecule has 1 nitrogen and oxygen atoms in total. The van der Waals surface area contributed by atoms with Gasteiger partial charge >= 0.3 is 0 Å². The average molecular weight is 918 g/mol. The standard InChI is InChI=1S/C71H51N/c1-71(2)66-37-18-16-32-59(66)62-35-20-36-63(70(62)71)61-34-21-39-68(69(61)52-42-40-49(41-43-52)48-22-6-3-7-23-48)72(54-44-45-56(50-24-8-4-9-25-50)64(47-54)51-26-10-5-11-27-51)67-38-19-17-33-60(67)65-46-53-28-12-13-29-55(53)57-30-14-15-31-58(57)65/h3-47H,1-2H3. The van der Waals surface area contributed by atoms with Gasteiger partial charge < -0.3 is 4.90 Å². The molecule has 13 rings (SSSR count). The summed E-state index contributed by atoms with van der Waals surface area (Å²) >= 11 is 0. The van der Waals surface area contributed by atoms with Gasteiger partial charge in [0, 0.05) is 22.2 Å². The van der Waals surface area contributed by atoms with E-state index in [2.05, 4.69) is 292 Å². The molecule has 1 heteroatoms. The fourth-order valence-electron chi connectivity index (χ4n) is 11.8. The van der Waals surface area contributed by atoms with Crippen molar-refractivity contribution >= 4 is 38.6 Å². The van der Waals surface area contributed by atoms with Crippen LogP contribution in [0.1, 0.15) is 25.0 Å². The normalized spacial score (nSPS) is 12.4. The molecule has 72 heavy (non-hydrogen) atoms. The topological polar surface area (TPSA) is 3.24 Å². The Morgan fingerprint density at radius 3 is 1.51 bits per heavy atom. The van der Waals surface area contributed by atoms with Crippen LogP contribution in [0.25, 0.3) is 99.4 Å². The molecule has 1 aliphatic carbocycles. The van der Waals surface area contributed by atoms with Crippen molar-refractivity contribution in [3.63, 3.8) is 0 Å². The molecule has 0 saturated carbocycles. The van der Waals surface area contributed by atoms with Gasteiger partial charge in [-0.05, 0) is 130 Å². The van der Waals surface area contributed by atoms with Crippen LogP contribution >= 0.6 is 0 Å². The van der Waals surface area contributed by atoms with Gasteiger partial charge in [-0.25, -0.2) is 0 Å². The summed E-state index contributed by atoms with van der Waals surface area (Å²) in [6.45, 7) is 4.80. The predicted octanol–water partition coefficient (Wildman–Crippen LogP) is 19.8. The van der Waals surface area contributed by atoms with E-state index in [0.717, 1.165) is 28.2 Å². The Labute approximate surface area is 422 Å². The van der Waals surface area contributed by atoms with Crippen LogP contribution in [0.15, 0.2) is 273 Å². The van der Waals surface area contributed by atoms with Crippen molar-refractivity contribution in [2.24, 2.45) is 0 Å². The van der Waals surface area contributed by atoms with Crippen LogP contribution in [0, 0.1) is 0 Å². The number of para-hydroxylation sites is 1. The third kappa shape index (κ3) is 7.24. The van der Waals surface area contributed by atoms with Crippen molar-refractivity contribution in [1.82, 2.24) is 0 Å². The molecule has 0 bridgehead atoms. The lowest BCUT2D eigenvalue weighted by Gasteiger charge is -2.32. The maximum atomic E-state index is 2.55. The zero-order chi connectivity index (χ0) is 48.2. The summed E-state index contributed by atoms with van der Waals surface area (Å²) in [5.74, 6) is 0. The predicted molar refractivity (Wildman–Crippen MR) is 306 cm³/mol. The van der Waals surface area contributed by atoms with Gasteiger partial charge in [-0.15, -0.1) is 0 Å². The van der Waals surface area contributed by atoms with E-state index >= 15 is 0 Å². The lowest BCUT2D eigenvalue weighted by atomic mass is 9.77. The van der Waals surface area contributed by atoms with Crippen molar-refractivity contribution in [1.29, 1.82) is 0 Å². The first-order chi connectivity index (χ1) is 35.5. The average Bonchev–Trinajstić information content (AvgIpc) is 3.69. The minimum atomic E-state index is -0.228. The maximum Gasteiger partial charge on any atom is 0.0546 e. The number of nitrogens with zero attached hydrogens (tertiary/aromatic N) is 1. The van der Waals surface area contributed by atoms with Crippen LogP contribution < -0.4 is 4.90 Å². The van der Waals surface area contributed by atoms with E-state index in [9.17, 15) is 0 Å². The number of hydrogen-bond acceptors (Lipinski definition) is 1. The molecule has 0 N–H and O–H groups in total. The Morgan fingerprint density at radius 2 is 0.778 bits per heavy atom. The van der Waals surface area contributed by atoms with Crippen molar-refractivity contribution in [3.8, 4) is 77.9 Å². The molecular weight excluding hydrogens is 867 g/mol. The minimum Gasteiger partial charge on any atom is -0.309 e. The summed E-state index contributed by atoms with van der Waals surface area (Å²) in [4.78, 5) is 2.55. The monoisotopic (exact) mass is 917 g/mol. The molecule has 0 unspecified atom stereocenters. The Kier molecular flexibility index (Phi) is 10.6. The van der Waals surface area contributed by atoms with Crippen LogP contribution in [0.5, 0.6) is 0 Å². The van der Waals surface area contributed by atoms with Gasteiger partial charge in [-0.1, -0.05) is 257 Å². The Morgan fingerprint density at radius 1 is 0.278 bits per heavy atom. The second-order valence-electron chi connectivity index (χ2n) is 19.5. The molecule has 0 saturated heterocycles. The highest BCUT2D eigenvalue weighted by Crippen LogP contribution is 2.56. The van der Waals surface area contributed by atoms with Gasteiger partial charge in [0.1, 0.15) is 0 Å². The largest absolute Gasteiger partial charge is 0.309 e. The van der Waals surface area contributed by atoms with Crippen LogP contribution in [0.3, 0.4) is 0 Å². The highest BCUT2D eigenvalue weighted by Gasteiger charge is 2.38. The summed E-state index contributed by atoms with van der Waals surface area (Å²) < 4.78 is 0. The van der Waals surface area contributed by atoms with Gasteiger partial charge in [0.15, 0.2) is 0 Å². The van der Waals surface area contributed by atoms with Crippen molar-refractivity contribution in [3.05, 3.63) is 284 Å². The summed E-state index contributed by atoms with van der Waals surface area (Å²) in [5.41, 5.74) is 22.6. The molecule has 0 radical (unpaired) electrons. The molecular formula is C71H51N. The molecule has 1 aliphatic rings. The Bertz CT molecular complexity index is 3980. The second kappa shape index (κ2) is 17.7. The summed E-state index contributed by atoms with van der Waals surface area (Å²) in [7, 11) is 0. The molecule has 0 heterocycles. The van der Waals surface area contributed by atoms with Gasteiger partial charge in [0.2, 0.25) is 0 Å². The molecule has 0 fully saturated rings. The fraction of sp³-hybridized carbons (Fsp3) is 0.0423. The first kappa shape index (κ1) is 43.0. The zero-order valence-electron chi connectivity index (χ0n) is 40.4. The molecule has 0 spiro atoms. The van der Waals surface area contributed by atoms with E-state index < -0.39 is 0 Å².